The summed E-state index contributed by atoms with van der Waals surface area (Å²) >= 11 is 9.51. The number of benzene rings is 1. The Morgan fingerprint density at radius 3 is 2.85 bits per heavy atom. The molecule has 0 spiro atoms. The standard InChI is InChI=1S/C14H18BrClN2O2/c1-2-20-14(19)18-7-5-11(6-8-18)17-13-9-10(16)3-4-12(13)15/h3-4,9,11,17H,2,5-8H2,1H3. The van der Waals surface area contributed by atoms with Crippen molar-refractivity contribution in [2.45, 2.75) is 25.8 Å². The Balaban J connectivity index is 1.88. The summed E-state index contributed by atoms with van der Waals surface area (Å²) in [5.74, 6) is 0. The number of ether oxygens (including phenoxy) is 1. The van der Waals surface area contributed by atoms with Crippen LogP contribution in [0.15, 0.2) is 22.7 Å². The summed E-state index contributed by atoms with van der Waals surface area (Å²) in [6.07, 6.45) is 1.59. The Morgan fingerprint density at radius 1 is 1.50 bits per heavy atom. The Labute approximate surface area is 132 Å². The zero-order valence-electron chi connectivity index (χ0n) is 11.4. The first-order valence-electron chi connectivity index (χ1n) is 6.73. The van der Waals surface area contributed by atoms with Crippen molar-refractivity contribution in [2.24, 2.45) is 0 Å². The molecule has 0 unspecified atom stereocenters. The number of piperidine rings is 1. The van der Waals surface area contributed by atoms with E-state index in [0.29, 0.717) is 30.8 Å². The molecule has 0 bridgehead atoms. The average molecular weight is 362 g/mol. The first kappa shape index (κ1) is 15.4. The highest BCUT2D eigenvalue weighted by atomic mass is 79.9. The predicted octanol–water partition coefficient (Wildman–Crippen LogP) is 4.14. The lowest BCUT2D eigenvalue weighted by Gasteiger charge is -2.32. The normalized spacial score (nSPS) is 16.1. The molecular weight excluding hydrogens is 344 g/mol. The number of rotatable bonds is 3. The van der Waals surface area contributed by atoms with Crippen LogP contribution in [0.3, 0.4) is 0 Å². The SMILES string of the molecule is CCOC(=O)N1CCC(Nc2cc(Cl)ccc2Br)CC1. The number of carbonyl (C=O) groups is 1. The monoisotopic (exact) mass is 360 g/mol. The highest BCUT2D eigenvalue weighted by Gasteiger charge is 2.23. The average Bonchev–Trinajstić information content (AvgIpc) is 2.44. The van der Waals surface area contributed by atoms with E-state index in [-0.39, 0.29) is 6.09 Å². The van der Waals surface area contributed by atoms with E-state index < -0.39 is 0 Å². The second-order valence-electron chi connectivity index (χ2n) is 4.73. The van der Waals surface area contributed by atoms with Crippen LogP contribution in [0.2, 0.25) is 5.02 Å². The van der Waals surface area contributed by atoms with Crippen molar-refractivity contribution in [2.75, 3.05) is 25.0 Å². The van der Waals surface area contributed by atoms with Crippen molar-refractivity contribution in [3.63, 3.8) is 0 Å². The van der Waals surface area contributed by atoms with E-state index >= 15 is 0 Å². The van der Waals surface area contributed by atoms with Gasteiger partial charge in [-0.15, -0.1) is 0 Å². The number of carbonyl (C=O) groups excluding carboxylic acids is 1. The van der Waals surface area contributed by atoms with Crippen molar-refractivity contribution in [1.29, 1.82) is 0 Å². The molecule has 0 aliphatic carbocycles. The number of amides is 1. The van der Waals surface area contributed by atoms with E-state index in [9.17, 15) is 4.79 Å². The largest absolute Gasteiger partial charge is 0.450 e. The molecule has 0 aromatic heterocycles. The zero-order valence-corrected chi connectivity index (χ0v) is 13.7. The molecule has 2 rings (SSSR count). The summed E-state index contributed by atoms with van der Waals surface area (Å²) in [5, 5.41) is 4.18. The zero-order chi connectivity index (χ0) is 14.5. The van der Waals surface area contributed by atoms with Gasteiger partial charge in [0.25, 0.3) is 0 Å². The van der Waals surface area contributed by atoms with Gasteiger partial charge in [0.15, 0.2) is 0 Å². The molecule has 20 heavy (non-hydrogen) atoms. The van der Waals surface area contributed by atoms with Crippen LogP contribution >= 0.6 is 27.5 Å². The van der Waals surface area contributed by atoms with Gasteiger partial charge in [-0.3, -0.25) is 0 Å². The fourth-order valence-corrected chi connectivity index (χ4v) is 2.78. The molecule has 110 valence electrons. The van der Waals surface area contributed by atoms with Crippen LogP contribution in [0.25, 0.3) is 0 Å². The summed E-state index contributed by atoms with van der Waals surface area (Å²) in [5.41, 5.74) is 0.993. The van der Waals surface area contributed by atoms with Crippen LogP contribution in [0.5, 0.6) is 0 Å². The molecule has 0 radical (unpaired) electrons. The molecule has 1 N–H and O–H groups in total. The van der Waals surface area contributed by atoms with Crippen LogP contribution in [0.4, 0.5) is 10.5 Å². The van der Waals surface area contributed by atoms with Crippen LogP contribution < -0.4 is 5.32 Å². The number of halogens is 2. The highest BCUT2D eigenvalue weighted by Crippen LogP contribution is 2.28. The quantitative estimate of drug-likeness (QED) is 0.880. The Bertz CT molecular complexity index is 476. The van der Waals surface area contributed by atoms with E-state index in [1.54, 1.807) is 4.90 Å². The smallest absolute Gasteiger partial charge is 0.409 e. The predicted molar refractivity (Wildman–Crippen MR) is 84.4 cm³/mol. The molecule has 1 aromatic rings. The van der Waals surface area contributed by atoms with Crippen LogP contribution in [0.1, 0.15) is 19.8 Å². The minimum absolute atomic E-state index is 0.213. The Kier molecular flexibility index (Phi) is 5.54. The maximum absolute atomic E-state index is 11.6. The van der Waals surface area contributed by atoms with Gasteiger partial charge >= 0.3 is 6.09 Å². The molecule has 1 saturated heterocycles. The Hall–Kier alpha value is -0.940. The summed E-state index contributed by atoms with van der Waals surface area (Å²) < 4.78 is 6.01. The van der Waals surface area contributed by atoms with Gasteiger partial charge in [-0.1, -0.05) is 11.6 Å². The van der Waals surface area contributed by atoms with Crippen molar-refractivity contribution in [3.05, 3.63) is 27.7 Å². The van der Waals surface area contributed by atoms with Gasteiger partial charge in [0.1, 0.15) is 0 Å². The maximum Gasteiger partial charge on any atom is 0.409 e. The summed E-state index contributed by atoms with van der Waals surface area (Å²) in [7, 11) is 0. The summed E-state index contributed by atoms with van der Waals surface area (Å²) in [6.45, 7) is 3.68. The van der Waals surface area contributed by atoms with Crippen molar-refractivity contribution >= 4 is 39.3 Å². The van der Waals surface area contributed by atoms with Gasteiger partial charge in [-0.2, -0.15) is 0 Å². The fourth-order valence-electron chi connectivity index (χ4n) is 2.25. The lowest BCUT2D eigenvalue weighted by atomic mass is 10.1. The van der Waals surface area contributed by atoms with E-state index in [1.165, 1.54) is 0 Å². The second-order valence-corrected chi connectivity index (χ2v) is 6.02. The third-order valence-corrected chi connectivity index (χ3v) is 4.24. The number of nitrogens with zero attached hydrogens (tertiary/aromatic N) is 1. The van der Waals surface area contributed by atoms with Gasteiger partial charge in [0.2, 0.25) is 0 Å². The van der Waals surface area contributed by atoms with Crippen molar-refractivity contribution < 1.29 is 9.53 Å². The van der Waals surface area contributed by atoms with Gasteiger partial charge in [-0.05, 0) is 53.9 Å². The number of hydrogen-bond donors (Lipinski definition) is 1. The minimum Gasteiger partial charge on any atom is -0.450 e. The number of hydrogen-bond acceptors (Lipinski definition) is 3. The first-order chi connectivity index (χ1) is 9.60. The minimum atomic E-state index is -0.213. The van der Waals surface area contributed by atoms with Crippen LogP contribution in [-0.4, -0.2) is 36.7 Å². The van der Waals surface area contributed by atoms with Crippen LogP contribution in [-0.2, 0) is 4.74 Å². The summed E-state index contributed by atoms with van der Waals surface area (Å²) in [6, 6.07) is 6.03. The van der Waals surface area contributed by atoms with Gasteiger partial charge < -0.3 is 15.0 Å². The van der Waals surface area contributed by atoms with E-state index in [0.717, 1.165) is 23.0 Å². The van der Waals surface area contributed by atoms with Crippen molar-refractivity contribution in [1.82, 2.24) is 4.90 Å². The van der Waals surface area contributed by atoms with Gasteiger partial charge in [0, 0.05) is 28.6 Å². The molecule has 1 aliphatic heterocycles. The summed E-state index contributed by atoms with van der Waals surface area (Å²) in [4.78, 5) is 13.4. The molecule has 0 atom stereocenters. The first-order valence-corrected chi connectivity index (χ1v) is 7.90. The number of nitrogens with one attached hydrogen (secondary N) is 1. The topological polar surface area (TPSA) is 41.6 Å². The van der Waals surface area contributed by atoms with E-state index in [4.69, 9.17) is 16.3 Å². The van der Waals surface area contributed by atoms with E-state index in [1.807, 2.05) is 25.1 Å². The van der Waals surface area contributed by atoms with Crippen molar-refractivity contribution in [3.8, 4) is 0 Å². The highest BCUT2D eigenvalue weighted by molar-refractivity contribution is 9.10. The molecule has 1 aliphatic rings. The molecular formula is C14H18BrClN2O2. The second kappa shape index (κ2) is 7.18. The lowest BCUT2D eigenvalue weighted by molar-refractivity contribution is 0.0983. The van der Waals surface area contributed by atoms with Gasteiger partial charge in [-0.25, -0.2) is 4.79 Å². The van der Waals surface area contributed by atoms with Gasteiger partial charge in [0.05, 0.1) is 12.3 Å². The molecule has 4 nitrogen and oxygen atoms in total. The number of likely N-dealkylation sites (tertiary alicyclic amines) is 1. The molecule has 1 heterocycles. The molecule has 6 heteroatoms. The lowest BCUT2D eigenvalue weighted by Crippen LogP contribution is -2.42. The van der Waals surface area contributed by atoms with Crippen LogP contribution in [0, 0.1) is 0 Å². The number of anilines is 1. The maximum atomic E-state index is 11.6. The Morgan fingerprint density at radius 2 is 2.20 bits per heavy atom. The third kappa shape index (κ3) is 4.03. The third-order valence-electron chi connectivity index (χ3n) is 3.31. The molecule has 0 saturated carbocycles. The molecule has 1 fully saturated rings. The molecule has 1 amide bonds. The molecule has 1 aromatic carbocycles. The van der Waals surface area contributed by atoms with E-state index in [2.05, 4.69) is 21.2 Å². The fraction of sp³-hybridized carbons (Fsp3) is 0.500.